The highest BCUT2D eigenvalue weighted by atomic mass is 32.2. The molecule has 0 bridgehead atoms. The second-order valence-corrected chi connectivity index (χ2v) is 10.7. The van der Waals surface area contributed by atoms with Crippen LogP contribution in [0.1, 0.15) is 84.0 Å². The van der Waals surface area contributed by atoms with Gasteiger partial charge in [0.1, 0.15) is 42.9 Å². The van der Waals surface area contributed by atoms with E-state index in [9.17, 15) is 33.6 Å². The van der Waals surface area contributed by atoms with Gasteiger partial charge in [-0.3, -0.25) is 9.35 Å². The Morgan fingerprint density at radius 3 is 1.94 bits per heavy atom. The molecule has 0 saturated carbocycles. The van der Waals surface area contributed by atoms with E-state index in [1.165, 1.54) is 44.9 Å². The van der Waals surface area contributed by atoms with Crippen LogP contribution in [0, 0.1) is 0 Å². The van der Waals surface area contributed by atoms with Crippen LogP contribution in [0.5, 0.6) is 0 Å². The molecule has 0 spiro atoms. The topological polar surface area (TPSA) is 180 Å². The molecular formula is C23H44O11S. The third kappa shape index (κ3) is 14.5. The van der Waals surface area contributed by atoms with Gasteiger partial charge in [0.05, 0.1) is 6.61 Å². The maximum absolute atomic E-state index is 11.8. The lowest BCUT2D eigenvalue weighted by Crippen LogP contribution is -2.60. The molecule has 35 heavy (non-hydrogen) atoms. The number of esters is 1. The van der Waals surface area contributed by atoms with Gasteiger partial charge >= 0.3 is 5.97 Å². The molecule has 11 nitrogen and oxygen atoms in total. The van der Waals surface area contributed by atoms with Gasteiger partial charge in [-0.1, -0.05) is 71.1 Å². The van der Waals surface area contributed by atoms with Gasteiger partial charge in [-0.05, 0) is 6.42 Å². The van der Waals surface area contributed by atoms with Crippen LogP contribution in [0.15, 0.2) is 0 Å². The highest BCUT2D eigenvalue weighted by molar-refractivity contribution is 7.85. The first-order chi connectivity index (χ1) is 16.5. The van der Waals surface area contributed by atoms with E-state index < -0.39 is 65.3 Å². The van der Waals surface area contributed by atoms with E-state index in [2.05, 4.69) is 6.92 Å². The van der Waals surface area contributed by atoms with E-state index in [1.54, 1.807) is 0 Å². The second-order valence-electron chi connectivity index (χ2n) is 9.22. The minimum absolute atomic E-state index is 0.246. The number of carbonyl (C=O) groups excluding carboxylic acids is 1. The summed E-state index contributed by atoms with van der Waals surface area (Å²) in [6.07, 6.45) is 3.43. The summed E-state index contributed by atoms with van der Waals surface area (Å²) in [5, 5.41) is 39.6. The Bertz CT molecular complexity index is 672. The second kappa shape index (κ2) is 17.6. The largest absolute Gasteiger partial charge is 0.463 e. The van der Waals surface area contributed by atoms with Gasteiger partial charge in [-0.25, -0.2) is 0 Å². The fourth-order valence-electron chi connectivity index (χ4n) is 3.85. The lowest BCUT2D eigenvalue weighted by molar-refractivity contribution is -0.296. The number of ether oxygens (including phenoxy) is 3. The molecule has 1 fully saturated rings. The Morgan fingerprint density at radius 2 is 1.40 bits per heavy atom. The molecular weight excluding hydrogens is 484 g/mol. The number of hydrogen-bond donors (Lipinski definition) is 5. The van der Waals surface area contributed by atoms with Crippen molar-refractivity contribution in [1.82, 2.24) is 0 Å². The third-order valence-corrected chi connectivity index (χ3v) is 6.67. The molecule has 0 aliphatic carbocycles. The van der Waals surface area contributed by atoms with Crippen molar-refractivity contribution in [1.29, 1.82) is 0 Å². The summed E-state index contributed by atoms with van der Waals surface area (Å²) in [5.74, 6) is -1.46. The summed E-state index contributed by atoms with van der Waals surface area (Å²) in [5.41, 5.74) is 0. The predicted octanol–water partition coefficient (Wildman–Crippen LogP) is 1.30. The normalized spacial score (nSPS) is 25.9. The molecule has 0 radical (unpaired) electrons. The standard InChI is InChI=1S/C23H44O11S/c1-2-3-4-5-6-7-8-9-10-11-12-13-19(25)32-14-17(24)15-33-23-22(28)21(27)20(26)18(34-23)16-35(29,30)31/h17-18,20-24,26-28H,2-16H2,1H3,(H,29,30,31)/t17?,18-,20+,21+,22-,23?/m1/s1. The molecule has 12 heteroatoms. The molecule has 1 rings (SSSR count). The first kappa shape index (κ1) is 32.2. The van der Waals surface area contributed by atoms with Crippen LogP contribution in [0.3, 0.4) is 0 Å². The van der Waals surface area contributed by atoms with Crippen molar-refractivity contribution in [2.75, 3.05) is 19.0 Å². The van der Waals surface area contributed by atoms with E-state index in [-0.39, 0.29) is 13.0 Å². The molecule has 208 valence electrons. The third-order valence-electron chi connectivity index (χ3n) is 5.92. The molecule has 0 aromatic heterocycles. The maximum Gasteiger partial charge on any atom is 0.305 e. The van der Waals surface area contributed by atoms with E-state index in [0.29, 0.717) is 6.42 Å². The van der Waals surface area contributed by atoms with Crippen molar-refractivity contribution >= 4 is 16.1 Å². The summed E-state index contributed by atoms with van der Waals surface area (Å²) >= 11 is 0. The zero-order chi connectivity index (χ0) is 26.3. The first-order valence-corrected chi connectivity index (χ1v) is 14.3. The average molecular weight is 529 g/mol. The number of carbonyl (C=O) groups is 1. The predicted molar refractivity (Wildman–Crippen MR) is 127 cm³/mol. The van der Waals surface area contributed by atoms with Gasteiger partial charge in [0, 0.05) is 6.42 Å². The van der Waals surface area contributed by atoms with Crippen molar-refractivity contribution < 1.29 is 52.4 Å². The molecule has 0 amide bonds. The van der Waals surface area contributed by atoms with Crippen molar-refractivity contribution in [3.05, 3.63) is 0 Å². The fourth-order valence-corrected chi connectivity index (χ4v) is 4.54. The average Bonchev–Trinajstić information content (AvgIpc) is 2.80. The number of rotatable bonds is 19. The molecule has 1 heterocycles. The summed E-state index contributed by atoms with van der Waals surface area (Å²) in [7, 11) is -4.53. The Balaban J connectivity index is 2.15. The molecule has 1 aliphatic rings. The Morgan fingerprint density at radius 1 is 0.857 bits per heavy atom. The number of aliphatic hydroxyl groups is 4. The van der Waals surface area contributed by atoms with Crippen LogP contribution in [-0.2, 0) is 29.1 Å². The highest BCUT2D eigenvalue weighted by Gasteiger charge is 2.45. The van der Waals surface area contributed by atoms with Gasteiger partial charge in [0.15, 0.2) is 6.29 Å². The monoisotopic (exact) mass is 528 g/mol. The van der Waals surface area contributed by atoms with Crippen LogP contribution in [0.25, 0.3) is 0 Å². The molecule has 0 aromatic rings. The zero-order valence-corrected chi connectivity index (χ0v) is 21.5. The molecule has 1 aliphatic heterocycles. The van der Waals surface area contributed by atoms with Gasteiger partial charge in [-0.2, -0.15) is 8.42 Å². The Labute approximate surface area is 208 Å². The Hall–Kier alpha value is -0.860. The van der Waals surface area contributed by atoms with Gasteiger partial charge < -0.3 is 34.6 Å². The highest BCUT2D eigenvalue weighted by Crippen LogP contribution is 2.23. The van der Waals surface area contributed by atoms with Crippen molar-refractivity contribution in [2.45, 2.75) is 121 Å². The number of aliphatic hydroxyl groups excluding tert-OH is 4. The summed E-state index contributed by atoms with van der Waals surface area (Å²) in [4.78, 5) is 11.8. The lowest BCUT2D eigenvalue weighted by Gasteiger charge is -2.40. The summed E-state index contributed by atoms with van der Waals surface area (Å²) in [6.45, 7) is 1.41. The van der Waals surface area contributed by atoms with E-state index in [4.69, 9.17) is 18.8 Å². The molecule has 2 unspecified atom stereocenters. The minimum Gasteiger partial charge on any atom is -0.463 e. The lowest BCUT2D eigenvalue weighted by atomic mass is 10.00. The van der Waals surface area contributed by atoms with Crippen molar-refractivity contribution in [3.8, 4) is 0 Å². The molecule has 0 aromatic carbocycles. The van der Waals surface area contributed by atoms with Crippen molar-refractivity contribution in [3.63, 3.8) is 0 Å². The molecule has 6 atom stereocenters. The minimum atomic E-state index is -4.53. The number of unbranched alkanes of at least 4 members (excludes halogenated alkanes) is 10. The SMILES string of the molecule is CCCCCCCCCCCCCC(=O)OCC(O)COC1O[C@H](CS(=O)(=O)O)[C@H](O)[C@H](O)[C@H]1O. The molecule has 1 saturated heterocycles. The van der Waals surface area contributed by atoms with E-state index >= 15 is 0 Å². The number of hydrogen-bond acceptors (Lipinski definition) is 10. The van der Waals surface area contributed by atoms with Gasteiger partial charge in [0.2, 0.25) is 0 Å². The Kier molecular flexibility index (Phi) is 16.1. The molecule has 5 N–H and O–H groups in total. The van der Waals surface area contributed by atoms with Crippen molar-refractivity contribution in [2.24, 2.45) is 0 Å². The quantitative estimate of drug-likeness (QED) is 0.0926. The first-order valence-electron chi connectivity index (χ1n) is 12.6. The smallest absolute Gasteiger partial charge is 0.305 e. The van der Waals surface area contributed by atoms with Crippen LogP contribution in [0.4, 0.5) is 0 Å². The maximum atomic E-state index is 11.8. The van der Waals surface area contributed by atoms with E-state index in [0.717, 1.165) is 19.3 Å². The van der Waals surface area contributed by atoms with E-state index in [1.807, 2.05) is 0 Å². The van der Waals surface area contributed by atoms with Crippen LogP contribution >= 0.6 is 0 Å². The summed E-state index contributed by atoms with van der Waals surface area (Å²) in [6, 6.07) is 0. The van der Waals surface area contributed by atoms with Crippen LogP contribution < -0.4 is 0 Å². The summed E-state index contributed by atoms with van der Waals surface area (Å²) < 4.78 is 46.3. The van der Waals surface area contributed by atoms with Crippen LogP contribution in [-0.4, -0.2) is 95.1 Å². The zero-order valence-electron chi connectivity index (χ0n) is 20.7. The van der Waals surface area contributed by atoms with Crippen LogP contribution in [0.2, 0.25) is 0 Å². The van der Waals surface area contributed by atoms with Gasteiger partial charge in [-0.15, -0.1) is 0 Å². The van der Waals surface area contributed by atoms with Gasteiger partial charge in [0.25, 0.3) is 10.1 Å². The fraction of sp³-hybridized carbons (Fsp3) is 0.957.